The van der Waals surface area contributed by atoms with Crippen molar-refractivity contribution in [2.45, 2.75) is 109 Å². The highest BCUT2D eigenvalue weighted by Crippen LogP contribution is 2.54. The van der Waals surface area contributed by atoms with E-state index in [4.69, 9.17) is 18.6 Å². The van der Waals surface area contributed by atoms with Gasteiger partial charge in [0.2, 0.25) is 0 Å². The minimum absolute atomic E-state index is 0.0597. The molecule has 1 N–H and O–H groups in total. The SMILES string of the molecule is CC1(C)OB([C@@H]2[C@H](CO)CCC[C@@H]2B2OC(C)(C)C(C)(C)O2)OC1(C)C. The zero-order valence-corrected chi connectivity index (χ0v) is 17.8. The Kier molecular flexibility index (Phi) is 5.15. The standard InChI is InChI=1S/C19H36B2O5/c1-16(2)17(3,4)24-20(23-16)14-11-9-10-13(12-22)15(14)21-25-18(5,6)19(7,8)26-21/h13-15,22H,9-12H2,1-8H3/t13-,14-,15+/m0/s1. The van der Waals surface area contributed by atoms with E-state index >= 15 is 0 Å². The van der Waals surface area contributed by atoms with Gasteiger partial charge in [0.05, 0.1) is 22.4 Å². The van der Waals surface area contributed by atoms with Crippen LogP contribution in [0.3, 0.4) is 0 Å². The van der Waals surface area contributed by atoms with Crippen molar-refractivity contribution in [3.8, 4) is 0 Å². The van der Waals surface area contributed by atoms with Gasteiger partial charge in [-0.25, -0.2) is 0 Å². The van der Waals surface area contributed by atoms with Gasteiger partial charge in [-0.05, 0) is 73.5 Å². The molecular formula is C19H36B2O5. The molecule has 3 fully saturated rings. The molecule has 5 nitrogen and oxygen atoms in total. The molecule has 2 saturated heterocycles. The van der Waals surface area contributed by atoms with Gasteiger partial charge in [0.25, 0.3) is 0 Å². The van der Waals surface area contributed by atoms with Crippen LogP contribution in [0.25, 0.3) is 0 Å². The fourth-order valence-corrected chi connectivity index (χ4v) is 4.41. The zero-order chi connectivity index (χ0) is 19.5. The second kappa shape index (κ2) is 6.48. The average molecular weight is 366 g/mol. The van der Waals surface area contributed by atoms with Crippen LogP contribution in [-0.2, 0) is 18.6 Å². The molecule has 0 aromatic carbocycles. The first-order valence-electron chi connectivity index (χ1n) is 10.1. The summed E-state index contributed by atoms with van der Waals surface area (Å²) in [5.41, 5.74) is -1.47. The van der Waals surface area contributed by atoms with Gasteiger partial charge in [-0.15, -0.1) is 0 Å². The Morgan fingerprint density at radius 3 is 1.58 bits per heavy atom. The van der Waals surface area contributed by atoms with Gasteiger partial charge >= 0.3 is 14.2 Å². The van der Waals surface area contributed by atoms with Crippen LogP contribution in [0.2, 0.25) is 11.6 Å². The normalized spacial score (nSPS) is 38.0. The van der Waals surface area contributed by atoms with E-state index in [1.54, 1.807) is 0 Å². The van der Waals surface area contributed by atoms with Crippen molar-refractivity contribution in [1.82, 2.24) is 0 Å². The van der Waals surface area contributed by atoms with Crippen LogP contribution in [-0.4, -0.2) is 48.4 Å². The lowest BCUT2D eigenvalue weighted by Crippen LogP contribution is -2.43. The molecule has 3 atom stereocenters. The van der Waals surface area contributed by atoms with Gasteiger partial charge in [0, 0.05) is 12.4 Å². The molecule has 148 valence electrons. The third-order valence-corrected chi connectivity index (χ3v) is 7.59. The van der Waals surface area contributed by atoms with Crippen molar-refractivity contribution < 1.29 is 23.7 Å². The Balaban J connectivity index is 1.87. The summed E-state index contributed by atoms with van der Waals surface area (Å²) in [6, 6.07) is 0. The fourth-order valence-electron chi connectivity index (χ4n) is 4.41. The third-order valence-electron chi connectivity index (χ3n) is 7.59. The van der Waals surface area contributed by atoms with Crippen molar-refractivity contribution in [1.29, 1.82) is 0 Å². The minimum atomic E-state index is -0.379. The van der Waals surface area contributed by atoms with E-state index in [1.165, 1.54) is 0 Å². The summed E-state index contributed by atoms with van der Waals surface area (Å²) in [6.45, 7) is 16.8. The maximum atomic E-state index is 10.1. The monoisotopic (exact) mass is 366 g/mol. The van der Waals surface area contributed by atoms with Crippen molar-refractivity contribution in [2.24, 2.45) is 5.92 Å². The van der Waals surface area contributed by atoms with Crippen LogP contribution < -0.4 is 0 Å². The topological polar surface area (TPSA) is 57.2 Å². The summed E-state index contributed by atoms with van der Waals surface area (Å²) < 4.78 is 25.5. The largest absolute Gasteiger partial charge is 0.461 e. The predicted molar refractivity (Wildman–Crippen MR) is 104 cm³/mol. The Morgan fingerprint density at radius 2 is 1.15 bits per heavy atom. The summed E-state index contributed by atoms with van der Waals surface area (Å²) in [4.78, 5) is 0. The molecule has 3 rings (SSSR count). The predicted octanol–water partition coefficient (Wildman–Crippen LogP) is 3.70. The van der Waals surface area contributed by atoms with Crippen LogP contribution in [0.4, 0.5) is 0 Å². The van der Waals surface area contributed by atoms with Crippen molar-refractivity contribution in [3.05, 3.63) is 0 Å². The first kappa shape index (κ1) is 20.7. The maximum absolute atomic E-state index is 10.1. The van der Waals surface area contributed by atoms with Gasteiger partial charge in [-0.3, -0.25) is 0 Å². The molecule has 1 saturated carbocycles. The highest BCUT2D eigenvalue weighted by atomic mass is 16.7. The van der Waals surface area contributed by atoms with E-state index in [-0.39, 0.29) is 60.8 Å². The van der Waals surface area contributed by atoms with E-state index in [1.807, 2.05) is 0 Å². The molecule has 3 aliphatic rings. The second-order valence-corrected chi connectivity index (χ2v) is 10.4. The zero-order valence-electron chi connectivity index (χ0n) is 17.8. The molecule has 0 spiro atoms. The van der Waals surface area contributed by atoms with E-state index in [0.29, 0.717) is 0 Å². The quantitative estimate of drug-likeness (QED) is 0.772. The third kappa shape index (κ3) is 3.28. The number of hydrogen-bond donors (Lipinski definition) is 1. The Hall–Kier alpha value is -0.0701. The summed E-state index contributed by atoms with van der Waals surface area (Å²) >= 11 is 0. The molecule has 2 aliphatic heterocycles. The van der Waals surface area contributed by atoms with Crippen LogP contribution in [0.15, 0.2) is 0 Å². The van der Waals surface area contributed by atoms with Gasteiger partial charge in [-0.1, -0.05) is 12.8 Å². The second-order valence-electron chi connectivity index (χ2n) is 10.4. The maximum Gasteiger partial charge on any atom is 0.461 e. The fraction of sp³-hybridized carbons (Fsp3) is 1.00. The lowest BCUT2D eigenvalue weighted by Gasteiger charge is -2.39. The molecule has 0 aromatic heterocycles. The average Bonchev–Trinajstić information content (AvgIpc) is 2.86. The number of hydrogen-bond acceptors (Lipinski definition) is 5. The lowest BCUT2D eigenvalue weighted by molar-refractivity contribution is 0.00578. The number of aliphatic hydroxyl groups is 1. The van der Waals surface area contributed by atoms with Crippen molar-refractivity contribution >= 4 is 14.2 Å². The molecule has 0 unspecified atom stereocenters. The molecule has 1 aliphatic carbocycles. The highest BCUT2D eigenvalue weighted by Gasteiger charge is 2.62. The Morgan fingerprint density at radius 1 is 0.731 bits per heavy atom. The van der Waals surface area contributed by atoms with E-state index in [9.17, 15) is 5.11 Å². The molecular weight excluding hydrogens is 330 g/mol. The highest BCUT2D eigenvalue weighted by molar-refractivity contribution is 6.55. The Labute approximate surface area is 159 Å². The number of rotatable bonds is 3. The van der Waals surface area contributed by atoms with E-state index in [2.05, 4.69) is 55.4 Å². The minimum Gasteiger partial charge on any atom is -0.403 e. The van der Waals surface area contributed by atoms with Crippen LogP contribution >= 0.6 is 0 Å². The molecule has 26 heavy (non-hydrogen) atoms. The Bertz CT molecular complexity index is 502. The van der Waals surface area contributed by atoms with E-state index in [0.717, 1.165) is 19.3 Å². The van der Waals surface area contributed by atoms with Gasteiger partial charge in [0.1, 0.15) is 0 Å². The van der Waals surface area contributed by atoms with Crippen molar-refractivity contribution in [2.75, 3.05) is 6.61 Å². The molecule has 2 heterocycles. The van der Waals surface area contributed by atoms with Crippen LogP contribution in [0, 0.1) is 5.92 Å². The molecule has 0 amide bonds. The first-order valence-corrected chi connectivity index (χ1v) is 10.1. The van der Waals surface area contributed by atoms with Gasteiger partial charge in [0.15, 0.2) is 0 Å². The summed E-state index contributed by atoms with van der Waals surface area (Å²) in [7, 11) is -0.639. The molecule has 7 heteroatoms. The van der Waals surface area contributed by atoms with Gasteiger partial charge in [-0.2, -0.15) is 0 Å². The smallest absolute Gasteiger partial charge is 0.403 e. The lowest BCUT2D eigenvalue weighted by atomic mass is 9.45. The molecule has 0 radical (unpaired) electrons. The van der Waals surface area contributed by atoms with Crippen molar-refractivity contribution in [3.63, 3.8) is 0 Å². The van der Waals surface area contributed by atoms with E-state index < -0.39 is 0 Å². The molecule has 0 aromatic rings. The first-order chi connectivity index (χ1) is 11.8. The summed E-state index contributed by atoms with van der Waals surface area (Å²) in [6.07, 6.45) is 3.05. The van der Waals surface area contributed by atoms with Crippen LogP contribution in [0.5, 0.6) is 0 Å². The summed E-state index contributed by atoms with van der Waals surface area (Å²) in [5, 5.41) is 10.1. The van der Waals surface area contributed by atoms with Crippen LogP contribution in [0.1, 0.15) is 74.7 Å². The summed E-state index contributed by atoms with van der Waals surface area (Å²) in [5.74, 6) is 0.351. The number of aliphatic hydroxyl groups excluding tert-OH is 1. The van der Waals surface area contributed by atoms with Gasteiger partial charge < -0.3 is 23.7 Å². The molecule has 0 bridgehead atoms.